The quantitative estimate of drug-likeness (QED) is 0.142. The average Bonchev–Trinajstić information content (AvgIpc) is 2.80. The van der Waals surface area contributed by atoms with Crippen LogP contribution >= 0.6 is 47.0 Å². The minimum absolute atomic E-state index is 0.351. The van der Waals surface area contributed by atoms with E-state index in [0.717, 1.165) is 49.8 Å². The van der Waals surface area contributed by atoms with E-state index < -0.39 is 0 Å². The van der Waals surface area contributed by atoms with Crippen LogP contribution in [0, 0.1) is 0 Å². The first kappa shape index (κ1) is 25.9. The number of thioether (sulfide) groups is 4. The molecule has 2 aromatic heterocycles. The van der Waals surface area contributed by atoms with Gasteiger partial charge >= 0.3 is 0 Å². The van der Waals surface area contributed by atoms with Crippen LogP contribution in [0.2, 0.25) is 0 Å². The molecule has 1 saturated carbocycles. The zero-order chi connectivity index (χ0) is 23.9. The molecule has 2 atom stereocenters. The van der Waals surface area contributed by atoms with Crippen LogP contribution in [0.3, 0.4) is 0 Å². The molecule has 0 radical (unpaired) electrons. The summed E-state index contributed by atoms with van der Waals surface area (Å²) < 4.78 is 0. The molecule has 0 bridgehead atoms. The molecule has 2 heterocycles. The Kier molecular flexibility index (Phi) is 9.62. The molecule has 0 aliphatic heterocycles. The molecule has 34 heavy (non-hydrogen) atoms. The van der Waals surface area contributed by atoms with Crippen molar-refractivity contribution in [2.75, 3.05) is 23.0 Å². The fourth-order valence-corrected chi connectivity index (χ4v) is 7.05. The summed E-state index contributed by atoms with van der Waals surface area (Å²) in [6.07, 6.45) is 1.05. The number of aromatic nitrogens is 4. The second kappa shape index (κ2) is 12.7. The normalized spacial score (nSPS) is 19.7. The van der Waals surface area contributed by atoms with Crippen molar-refractivity contribution in [2.24, 2.45) is 0 Å². The standard InChI is InChI=1S/C26H32N4S4/c1-5-31-22-15-20(27-25(29-22)33-7-3)18-14-19(24(18)17-12-10-9-11-13-17)21-16-23(32-6-2)30-26(28-21)34-8-4/h9-13,15-16,18-19,24H,5-8,14H2,1-4H3. The zero-order valence-electron chi connectivity index (χ0n) is 20.2. The number of benzene rings is 1. The highest BCUT2D eigenvalue weighted by molar-refractivity contribution is 8.00. The molecule has 0 amide bonds. The molecule has 1 fully saturated rings. The third kappa shape index (κ3) is 6.12. The summed E-state index contributed by atoms with van der Waals surface area (Å²) in [4.78, 5) is 19.6. The van der Waals surface area contributed by atoms with Crippen molar-refractivity contribution < 1.29 is 0 Å². The maximum Gasteiger partial charge on any atom is 0.188 e. The summed E-state index contributed by atoms with van der Waals surface area (Å²) >= 11 is 7.06. The molecule has 8 heteroatoms. The van der Waals surface area contributed by atoms with Gasteiger partial charge in [0, 0.05) is 29.1 Å². The lowest BCUT2D eigenvalue weighted by atomic mass is 9.59. The molecule has 3 aromatic rings. The van der Waals surface area contributed by atoms with Crippen LogP contribution < -0.4 is 0 Å². The minimum atomic E-state index is 0.351. The first-order chi connectivity index (χ1) is 16.7. The Bertz CT molecular complexity index is 966. The van der Waals surface area contributed by atoms with Crippen molar-refractivity contribution in [3.05, 3.63) is 59.4 Å². The van der Waals surface area contributed by atoms with E-state index in [2.05, 4.69) is 70.2 Å². The van der Waals surface area contributed by atoms with Crippen LogP contribution in [0.5, 0.6) is 0 Å². The molecule has 4 rings (SSSR count). The smallest absolute Gasteiger partial charge is 0.188 e. The molecule has 0 spiro atoms. The van der Waals surface area contributed by atoms with Gasteiger partial charge in [0.25, 0.3) is 0 Å². The van der Waals surface area contributed by atoms with Crippen molar-refractivity contribution in [1.82, 2.24) is 19.9 Å². The highest BCUT2D eigenvalue weighted by atomic mass is 32.2. The second-order valence-corrected chi connectivity index (χ2v) is 13.0. The number of rotatable bonds is 11. The van der Waals surface area contributed by atoms with E-state index in [1.807, 2.05) is 0 Å². The molecule has 4 nitrogen and oxygen atoms in total. The molecule has 1 aromatic carbocycles. The molecule has 180 valence electrons. The summed E-state index contributed by atoms with van der Waals surface area (Å²) in [5, 5.41) is 3.97. The van der Waals surface area contributed by atoms with Crippen LogP contribution in [0.25, 0.3) is 0 Å². The van der Waals surface area contributed by atoms with Gasteiger partial charge < -0.3 is 0 Å². The summed E-state index contributed by atoms with van der Waals surface area (Å²) in [6.45, 7) is 8.68. The Balaban J connectivity index is 1.73. The lowest BCUT2D eigenvalue weighted by Gasteiger charge is -2.45. The van der Waals surface area contributed by atoms with Crippen LogP contribution in [0.1, 0.15) is 68.8 Å². The Labute approximate surface area is 220 Å². The fourth-order valence-electron chi connectivity index (χ4n) is 4.45. The first-order valence-corrected chi connectivity index (χ1v) is 15.9. The average molecular weight is 529 g/mol. The van der Waals surface area contributed by atoms with Crippen molar-refractivity contribution in [1.29, 1.82) is 0 Å². The largest absolute Gasteiger partial charge is 0.227 e. The van der Waals surface area contributed by atoms with Gasteiger partial charge in [-0.25, -0.2) is 19.9 Å². The van der Waals surface area contributed by atoms with Crippen LogP contribution in [-0.2, 0) is 0 Å². The van der Waals surface area contributed by atoms with Crippen molar-refractivity contribution in [3.8, 4) is 0 Å². The van der Waals surface area contributed by atoms with Gasteiger partial charge in [0.1, 0.15) is 10.1 Å². The van der Waals surface area contributed by atoms with E-state index in [1.54, 1.807) is 47.0 Å². The van der Waals surface area contributed by atoms with Crippen molar-refractivity contribution in [3.63, 3.8) is 0 Å². The second-order valence-electron chi connectivity index (χ2n) is 7.94. The summed E-state index contributed by atoms with van der Waals surface area (Å²) in [7, 11) is 0. The van der Waals surface area contributed by atoms with Gasteiger partial charge in [-0.1, -0.05) is 81.6 Å². The zero-order valence-corrected chi connectivity index (χ0v) is 23.5. The summed E-state index contributed by atoms with van der Waals surface area (Å²) in [6, 6.07) is 15.4. The maximum absolute atomic E-state index is 5.02. The van der Waals surface area contributed by atoms with Gasteiger partial charge in [-0.3, -0.25) is 0 Å². The van der Waals surface area contributed by atoms with Gasteiger partial charge in [-0.05, 0) is 47.1 Å². The SMILES string of the molecule is CCSc1cc(C2CC(c3cc(SCC)nc(SCC)n3)C2c2ccccc2)nc(SCC)n1. The fraction of sp³-hybridized carbons (Fsp3) is 0.462. The molecule has 2 unspecified atom stereocenters. The Hall–Kier alpha value is -1.22. The molecular weight excluding hydrogens is 497 g/mol. The van der Waals surface area contributed by atoms with Gasteiger partial charge in [0.05, 0.1) is 0 Å². The maximum atomic E-state index is 5.02. The molecule has 1 aliphatic rings. The van der Waals surface area contributed by atoms with Gasteiger partial charge in [0.2, 0.25) is 0 Å². The Morgan fingerprint density at radius 2 is 1.12 bits per heavy atom. The lowest BCUT2D eigenvalue weighted by molar-refractivity contribution is 0.271. The van der Waals surface area contributed by atoms with Crippen LogP contribution in [-0.4, -0.2) is 42.9 Å². The van der Waals surface area contributed by atoms with Gasteiger partial charge in [0.15, 0.2) is 10.3 Å². The number of hydrogen-bond acceptors (Lipinski definition) is 8. The molecular formula is C26H32N4S4. The molecule has 1 aliphatic carbocycles. The van der Waals surface area contributed by atoms with E-state index in [1.165, 1.54) is 17.0 Å². The van der Waals surface area contributed by atoms with E-state index in [0.29, 0.717) is 17.8 Å². The van der Waals surface area contributed by atoms with E-state index in [-0.39, 0.29) is 0 Å². The topological polar surface area (TPSA) is 51.6 Å². The number of hydrogen-bond donors (Lipinski definition) is 0. The Morgan fingerprint density at radius 3 is 1.56 bits per heavy atom. The van der Waals surface area contributed by atoms with Crippen LogP contribution in [0.4, 0.5) is 0 Å². The van der Waals surface area contributed by atoms with E-state index in [9.17, 15) is 0 Å². The lowest BCUT2D eigenvalue weighted by Crippen LogP contribution is -2.33. The van der Waals surface area contributed by atoms with E-state index in [4.69, 9.17) is 19.9 Å². The Morgan fingerprint density at radius 1 is 0.647 bits per heavy atom. The first-order valence-electron chi connectivity index (χ1n) is 12.0. The highest BCUT2D eigenvalue weighted by Crippen LogP contribution is 2.58. The van der Waals surface area contributed by atoms with E-state index >= 15 is 0 Å². The van der Waals surface area contributed by atoms with Gasteiger partial charge in [-0.2, -0.15) is 0 Å². The highest BCUT2D eigenvalue weighted by Gasteiger charge is 2.45. The monoisotopic (exact) mass is 528 g/mol. The molecule has 0 saturated heterocycles. The van der Waals surface area contributed by atoms with Crippen molar-refractivity contribution in [2.45, 2.75) is 72.2 Å². The minimum Gasteiger partial charge on any atom is -0.227 e. The van der Waals surface area contributed by atoms with Crippen molar-refractivity contribution >= 4 is 47.0 Å². The summed E-state index contributed by atoms with van der Waals surface area (Å²) in [5.41, 5.74) is 3.71. The van der Waals surface area contributed by atoms with Crippen LogP contribution in [0.15, 0.2) is 62.8 Å². The summed E-state index contributed by atoms with van der Waals surface area (Å²) in [5.74, 6) is 5.06. The predicted octanol–water partition coefficient (Wildman–Crippen LogP) is 7.77. The van der Waals surface area contributed by atoms with Gasteiger partial charge in [-0.15, -0.1) is 23.5 Å². The third-order valence-corrected chi connectivity index (χ3v) is 8.90. The molecule has 0 N–H and O–H groups in total. The number of nitrogens with zero attached hydrogens (tertiary/aromatic N) is 4. The predicted molar refractivity (Wildman–Crippen MR) is 149 cm³/mol. The third-order valence-electron chi connectivity index (χ3n) is 5.85.